The van der Waals surface area contributed by atoms with Gasteiger partial charge in [-0.2, -0.15) is 0 Å². The van der Waals surface area contributed by atoms with Gasteiger partial charge in [-0.3, -0.25) is 0 Å². The minimum absolute atomic E-state index is 0.636. The van der Waals surface area contributed by atoms with E-state index in [0.717, 1.165) is 29.6 Å². The van der Waals surface area contributed by atoms with Crippen molar-refractivity contribution < 1.29 is 0 Å². The summed E-state index contributed by atoms with van der Waals surface area (Å²) in [7, 11) is 0. The first-order valence-electron chi connectivity index (χ1n) is 11.1. The van der Waals surface area contributed by atoms with E-state index >= 15 is 0 Å². The smallest absolute Gasteiger partial charge is 0.0267 e. The molecule has 3 fully saturated rings. The monoisotopic (exact) mass is 318 g/mol. The third-order valence-corrected chi connectivity index (χ3v) is 8.75. The molecule has 0 radical (unpaired) electrons. The second-order valence-electron chi connectivity index (χ2n) is 9.80. The van der Waals surface area contributed by atoms with Crippen LogP contribution < -0.4 is 0 Å². The minimum atomic E-state index is 0.636. The predicted molar refractivity (Wildman–Crippen MR) is 102 cm³/mol. The summed E-state index contributed by atoms with van der Waals surface area (Å²) in [6.45, 7) is 8.02. The first-order chi connectivity index (χ1) is 11.1. The van der Waals surface area contributed by atoms with Crippen LogP contribution in [0.1, 0.15) is 111 Å². The molecule has 3 aliphatic carbocycles. The molecular weight excluding hydrogens is 276 g/mol. The molecule has 0 spiro atoms. The lowest BCUT2D eigenvalue weighted by Crippen LogP contribution is -2.44. The van der Waals surface area contributed by atoms with Gasteiger partial charge < -0.3 is 0 Å². The zero-order valence-corrected chi connectivity index (χ0v) is 16.3. The summed E-state index contributed by atoms with van der Waals surface area (Å²) in [5.41, 5.74) is 0.636. The normalized spacial score (nSPS) is 37.4. The molecule has 0 saturated heterocycles. The lowest BCUT2D eigenvalue weighted by molar-refractivity contribution is -0.0332. The zero-order valence-electron chi connectivity index (χ0n) is 16.3. The van der Waals surface area contributed by atoms with Crippen molar-refractivity contribution in [3.63, 3.8) is 0 Å². The highest BCUT2D eigenvalue weighted by Crippen LogP contribution is 2.55. The fraction of sp³-hybridized carbons (Fsp3) is 1.00. The van der Waals surface area contributed by atoms with Crippen molar-refractivity contribution in [1.29, 1.82) is 0 Å². The van der Waals surface area contributed by atoms with Crippen LogP contribution in [0.2, 0.25) is 0 Å². The van der Waals surface area contributed by atoms with Crippen LogP contribution in [0.15, 0.2) is 0 Å². The Morgan fingerprint density at radius 1 is 0.652 bits per heavy atom. The molecule has 23 heavy (non-hydrogen) atoms. The van der Waals surface area contributed by atoms with Crippen LogP contribution in [-0.4, -0.2) is 0 Å². The fourth-order valence-corrected chi connectivity index (χ4v) is 6.98. The molecule has 4 unspecified atom stereocenters. The van der Waals surface area contributed by atoms with E-state index in [0.29, 0.717) is 5.41 Å². The van der Waals surface area contributed by atoms with Crippen LogP contribution in [0, 0.1) is 35.0 Å². The van der Waals surface area contributed by atoms with Gasteiger partial charge in [-0.1, -0.05) is 97.8 Å². The van der Waals surface area contributed by atoms with Crippen LogP contribution >= 0.6 is 0 Å². The van der Waals surface area contributed by atoms with E-state index in [2.05, 4.69) is 20.8 Å². The average Bonchev–Trinajstić information content (AvgIpc) is 2.62. The molecule has 4 atom stereocenters. The van der Waals surface area contributed by atoms with Gasteiger partial charge in [0.1, 0.15) is 0 Å². The third kappa shape index (κ3) is 3.82. The molecule has 0 aromatic rings. The van der Waals surface area contributed by atoms with Gasteiger partial charge in [-0.15, -0.1) is 0 Å². The summed E-state index contributed by atoms with van der Waals surface area (Å²) < 4.78 is 0. The van der Waals surface area contributed by atoms with Gasteiger partial charge in [0.25, 0.3) is 0 Å². The van der Waals surface area contributed by atoms with Gasteiger partial charge in [0.05, 0.1) is 0 Å². The van der Waals surface area contributed by atoms with Crippen molar-refractivity contribution in [3.05, 3.63) is 0 Å². The molecule has 0 bridgehead atoms. The van der Waals surface area contributed by atoms with E-state index in [9.17, 15) is 0 Å². The van der Waals surface area contributed by atoms with Gasteiger partial charge >= 0.3 is 0 Å². The van der Waals surface area contributed by atoms with Gasteiger partial charge in [-0.25, -0.2) is 0 Å². The Bertz CT molecular complexity index is 347. The highest BCUT2D eigenvalue weighted by atomic mass is 14.5. The van der Waals surface area contributed by atoms with Crippen LogP contribution in [0.5, 0.6) is 0 Å². The molecule has 0 nitrogen and oxygen atoms in total. The first kappa shape index (κ1) is 17.8. The maximum atomic E-state index is 2.72. The topological polar surface area (TPSA) is 0 Å². The lowest BCUT2D eigenvalue weighted by Gasteiger charge is -2.53. The van der Waals surface area contributed by atoms with Crippen LogP contribution in [-0.2, 0) is 0 Å². The maximum absolute atomic E-state index is 2.72. The Labute approximate surface area is 146 Å². The summed E-state index contributed by atoms with van der Waals surface area (Å²) in [6, 6.07) is 0. The summed E-state index contributed by atoms with van der Waals surface area (Å²) >= 11 is 0. The van der Waals surface area contributed by atoms with Crippen LogP contribution in [0.25, 0.3) is 0 Å². The Morgan fingerprint density at radius 2 is 1.17 bits per heavy atom. The van der Waals surface area contributed by atoms with E-state index < -0.39 is 0 Å². The standard InChI is InChI=1S/C23H42/c1-18(20-12-6-4-7-13-20)22-16-10-11-17-23(22,3)19(2)21-14-8-5-9-15-21/h18-22H,4-17H2,1-3H3. The summed E-state index contributed by atoms with van der Waals surface area (Å²) in [6.07, 6.45) is 21.2. The molecule has 3 rings (SSSR count). The number of hydrogen-bond acceptors (Lipinski definition) is 0. The highest BCUT2D eigenvalue weighted by Gasteiger charge is 2.46. The van der Waals surface area contributed by atoms with Crippen LogP contribution in [0.3, 0.4) is 0 Å². The first-order valence-corrected chi connectivity index (χ1v) is 11.1. The predicted octanol–water partition coefficient (Wildman–Crippen LogP) is 7.62. The van der Waals surface area contributed by atoms with E-state index in [1.165, 1.54) is 89.9 Å². The minimum Gasteiger partial charge on any atom is -0.0620 e. The molecule has 0 heteroatoms. The SMILES string of the molecule is CC(C1CCCCC1)C1CCCCC1(C)C(C)C1CCCCC1. The summed E-state index contributed by atoms with van der Waals surface area (Å²) in [4.78, 5) is 0. The molecule has 0 aromatic heterocycles. The summed E-state index contributed by atoms with van der Waals surface area (Å²) in [5.74, 6) is 5.03. The molecular formula is C23H42. The molecule has 0 aromatic carbocycles. The molecule has 3 aliphatic rings. The highest BCUT2D eigenvalue weighted by molar-refractivity contribution is 4.96. The van der Waals surface area contributed by atoms with Crippen LogP contribution in [0.4, 0.5) is 0 Å². The van der Waals surface area contributed by atoms with E-state index in [1.54, 1.807) is 0 Å². The summed E-state index contributed by atoms with van der Waals surface area (Å²) in [5, 5.41) is 0. The van der Waals surface area contributed by atoms with Crippen molar-refractivity contribution in [1.82, 2.24) is 0 Å². The quantitative estimate of drug-likeness (QED) is 0.500. The maximum Gasteiger partial charge on any atom is -0.0267 e. The third-order valence-electron chi connectivity index (χ3n) is 8.75. The largest absolute Gasteiger partial charge is 0.0620 e. The molecule has 3 saturated carbocycles. The Balaban J connectivity index is 1.73. The van der Waals surface area contributed by atoms with E-state index in [1.807, 2.05) is 0 Å². The van der Waals surface area contributed by atoms with Crippen molar-refractivity contribution in [2.24, 2.45) is 35.0 Å². The van der Waals surface area contributed by atoms with Gasteiger partial charge in [0, 0.05) is 0 Å². The molecule has 0 N–H and O–H groups in total. The van der Waals surface area contributed by atoms with Gasteiger partial charge in [0.15, 0.2) is 0 Å². The molecule has 0 amide bonds. The van der Waals surface area contributed by atoms with E-state index in [-0.39, 0.29) is 0 Å². The number of hydrogen-bond donors (Lipinski definition) is 0. The fourth-order valence-electron chi connectivity index (χ4n) is 6.98. The Kier molecular flexibility index (Phi) is 6.13. The second kappa shape index (κ2) is 7.92. The van der Waals surface area contributed by atoms with Crippen molar-refractivity contribution >= 4 is 0 Å². The zero-order chi connectivity index (χ0) is 16.3. The Hall–Kier alpha value is 0. The number of rotatable bonds is 4. The second-order valence-corrected chi connectivity index (χ2v) is 9.80. The molecule has 134 valence electrons. The van der Waals surface area contributed by atoms with Gasteiger partial charge in [0.2, 0.25) is 0 Å². The van der Waals surface area contributed by atoms with Crippen molar-refractivity contribution in [2.75, 3.05) is 0 Å². The van der Waals surface area contributed by atoms with Gasteiger partial charge in [-0.05, 0) is 47.8 Å². The van der Waals surface area contributed by atoms with Crippen molar-refractivity contribution in [3.8, 4) is 0 Å². The average molecular weight is 319 g/mol. The lowest BCUT2D eigenvalue weighted by atomic mass is 9.52. The molecule has 0 aliphatic heterocycles. The Morgan fingerprint density at radius 3 is 1.78 bits per heavy atom. The van der Waals surface area contributed by atoms with Crippen molar-refractivity contribution in [2.45, 2.75) is 111 Å². The van der Waals surface area contributed by atoms with E-state index in [4.69, 9.17) is 0 Å². The molecule has 0 heterocycles.